The predicted molar refractivity (Wildman–Crippen MR) is 149 cm³/mol. The number of benzene rings is 3. The minimum atomic E-state index is -0.932. The zero-order valence-corrected chi connectivity index (χ0v) is 22.1. The molecule has 0 aromatic heterocycles. The van der Waals surface area contributed by atoms with E-state index < -0.39 is 6.04 Å². The molecule has 3 fully saturated rings. The van der Waals surface area contributed by atoms with Gasteiger partial charge in [-0.3, -0.25) is 19.3 Å². The lowest BCUT2D eigenvalue weighted by Gasteiger charge is -2.37. The van der Waals surface area contributed by atoms with Crippen LogP contribution in [-0.2, 0) is 20.8 Å². The summed E-state index contributed by atoms with van der Waals surface area (Å²) in [5.41, 5.74) is 1.45. The summed E-state index contributed by atoms with van der Waals surface area (Å²) in [6, 6.07) is 22.9. The highest BCUT2D eigenvalue weighted by molar-refractivity contribution is 6.10. The predicted octanol–water partition coefficient (Wildman–Crippen LogP) is 5.09. The van der Waals surface area contributed by atoms with Crippen LogP contribution in [-0.4, -0.2) is 35.8 Å². The summed E-state index contributed by atoms with van der Waals surface area (Å²) in [6.07, 6.45) is 5.66. The van der Waals surface area contributed by atoms with Gasteiger partial charge in [-0.15, -0.1) is 0 Å². The second-order valence-corrected chi connectivity index (χ2v) is 11.2. The van der Waals surface area contributed by atoms with Crippen molar-refractivity contribution in [3.05, 3.63) is 96.6 Å². The molecule has 8 rings (SSSR count). The number of anilines is 1. The molecule has 0 unspecified atom stereocenters. The number of likely N-dealkylation sites (tertiary alicyclic amines) is 1. The lowest BCUT2D eigenvalue weighted by atomic mass is 9.63. The molecule has 1 heterocycles. The van der Waals surface area contributed by atoms with Crippen LogP contribution < -0.4 is 14.8 Å². The van der Waals surface area contributed by atoms with E-state index in [2.05, 4.69) is 17.5 Å². The number of carbonyl (C=O) groups is 3. The van der Waals surface area contributed by atoms with E-state index in [-0.39, 0.29) is 47.8 Å². The summed E-state index contributed by atoms with van der Waals surface area (Å²) >= 11 is 0. The minimum absolute atomic E-state index is 0.111. The fourth-order valence-corrected chi connectivity index (χ4v) is 7.04. The summed E-state index contributed by atoms with van der Waals surface area (Å²) in [5.74, 6) is 1.80. The third-order valence-electron chi connectivity index (χ3n) is 9.00. The highest BCUT2D eigenvalue weighted by Crippen LogP contribution is 2.65. The van der Waals surface area contributed by atoms with Crippen molar-refractivity contribution in [3.8, 4) is 17.2 Å². The molecule has 1 saturated heterocycles. The van der Waals surface area contributed by atoms with Crippen molar-refractivity contribution in [1.82, 2.24) is 4.90 Å². The van der Waals surface area contributed by atoms with Crippen molar-refractivity contribution in [2.45, 2.75) is 18.9 Å². The molecule has 3 aromatic rings. The molecule has 1 N–H and O–H groups in total. The van der Waals surface area contributed by atoms with E-state index >= 15 is 0 Å². The maximum atomic E-state index is 13.8. The van der Waals surface area contributed by atoms with Crippen LogP contribution in [0, 0.1) is 35.5 Å². The molecule has 3 amide bonds. The number of rotatable bonds is 8. The fraction of sp³-hybridized carbons (Fsp3) is 0.303. The van der Waals surface area contributed by atoms with Gasteiger partial charge < -0.3 is 14.8 Å². The number of imide groups is 1. The van der Waals surface area contributed by atoms with E-state index in [9.17, 15) is 14.4 Å². The van der Waals surface area contributed by atoms with Gasteiger partial charge in [-0.1, -0.05) is 42.5 Å². The highest BCUT2D eigenvalue weighted by atomic mass is 16.5. The Morgan fingerprint density at radius 1 is 0.825 bits per heavy atom. The molecule has 4 aliphatic carbocycles. The SMILES string of the molecule is COc1ccc(Oc2ccc(NC(=O)[C@@H](Cc3ccccc3)N3C(=O)[C@H]4[C@@H]5C=C[C@H]([C@H]6C[C@H]56)[C@@H]4C3=O)cc2)cc1. The van der Waals surface area contributed by atoms with E-state index in [1.807, 2.05) is 54.6 Å². The van der Waals surface area contributed by atoms with Crippen molar-refractivity contribution in [1.29, 1.82) is 0 Å². The number of methoxy groups -OCH3 is 1. The molecular weight excluding hydrogens is 504 g/mol. The monoisotopic (exact) mass is 534 g/mol. The van der Waals surface area contributed by atoms with Crippen LogP contribution >= 0.6 is 0 Å². The van der Waals surface area contributed by atoms with Gasteiger partial charge in [0.1, 0.15) is 23.3 Å². The average molecular weight is 535 g/mol. The van der Waals surface area contributed by atoms with Crippen LogP contribution in [0.2, 0.25) is 0 Å². The Morgan fingerprint density at radius 2 is 1.38 bits per heavy atom. The van der Waals surface area contributed by atoms with E-state index in [1.54, 1.807) is 31.4 Å². The highest BCUT2D eigenvalue weighted by Gasteiger charge is 2.67. The summed E-state index contributed by atoms with van der Waals surface area (Å²) < 4.78 is 11.1. The van der Waals surface area contributed by atoms with Gasteiger partial charge in [0.15, 0.2) is 0 Å². The number of hydrogen-bond acceptors (Lipinski definition) is 5. The number of allylic oxidation sites excluding steroid dienone is 2. The van der Waals surface area contributed by atoms with Crippen molar-refractivity contribution < 1.29 is 23.9 Å². The number of amides is 3. The van der Waals surface area contributed by atoms with Crippen molar-refractivity contribution in [2.75, 3.05) is 12.4 Å². The van der Waals surface area contributed by atoms with E-state index in [4.69, 9.17) is 9.47 Å². The first-order chi connectivity index (χ1) is 19.5. The molecule has 202 valence electrons. The topological polar surface area (TPSA) is 84.9 Å². The Labute approximate surface area is 232 Å². The maximum Gasteiger partial charge on any atom is 0.248 e. The van der Waals surface area contributed by atoms with Crippen molar-refractivity contribution in [3.63, 3.8) is 0 Å². The number of nitrogens with one attached hydrogen (secondary N) is 1. The van der Waals surface area contributed by atoms with Crippen LogP contribution in [0.25, 0.3) is 0 Å². The van der Waals surface area contributed by atoms with Crippen LogP contribution in [0.3, 0.4) is 0 Å². The number of nitrogens with zero attached hydrogens (tertiary/aromatic N) is 1. The van der Waals surface area contributed by atoms with Crippen LogP contribution in [0.5, 0.6) is 17.2 Å². The summed E-state index contributed by atoms with van der Waals surface area (Å²) in [4.78, 5) is 42.7. The van der Waals surface area contributed by atoms with Gasteiger partial charge in [-0.25, -0.2) is 0 Å². The van der Waals surface area contributed by atoms with Gasteiger partial charge in [-0.05, 0) is 84.2 Å². The molecule has 5 aliphatic rings. The molecule has 1 aliphatic heterocycles. The van der Waals surface area contributed by atoms with Gasteiger partial charge in [-0.2, -0.15) is 0 Å². The van der Waals surface area contributed by atoms with Gasteiger partial charge >= 0.3 is 0 Å². The Balaban J connectivity index is 1.11. The molecule has 0 spiro atoms. The number of carbonyl (C=O) groups excluding carboxylic acids is 3. The lowest BCUT2D eigenvalue weighted by molar-refractivity contribution is -0.146. The van der Waals surface area contributed by atoms with Crippen LogP contribution in [0.1, 0.15) is 12.0 Å². The molecule has 0 radical (unpaired) electrons. The van der Waals surface area contributed by atoms with E-state index in [0.717, 1.165) is 17.7 Å². The largest absolute Gasteiger partial charge is 0.497 e. The third-order valence-corrected chi connectivity index (χ3v) is 9.00. The first-order valence-corrected chi connectivity index (χ1v) is 13.8. The smallest absolute Gasteiger partial charge is 0.248 e. The molecular formula is C33H30N2O5. The fourth-order valence-electron chi connectivity index (χ4n) is 7.04. The Kier molecular flexibility index (Phi) is 5.95. The standard InChI is InChI=1S/C33H30N2O5/c1-39-21-11-13-23(14-12-21)40-22-9-7-20(8-10-22)34-31(36)28(17-19-5-3-2-4-6-19)35-32(37)29-24-15-16-25(27-18-26(24)27)30(29)33(35)38/h2-16,24-30H,17-18H2,1H3,(H,34,36)/t24-,25-,26-,27-,28-,29+,30+/m1/s1. The van der Waals surface area contributed by atoms with Gasteiger partial charge in [0, 0.05) is 12.1 Å². The molecule has 3 aromatic carbocycles. The van der Waals surface area contributed by atoms with Crippen LogP contribution in [0.4, 0.5) is 5.69 Å². The third kappa shape index (κ3) is 4.17. The Bertz CT molecular complexity index is 1450. The average Bonchev–Trinajstić information content (AvgIpc) is 3.77. The minimum Gasteiger partial charge on any atom is -0.497 e. The first-order valence-electron chi connectivity index (χ1n) is 13.8. The van der Waals surface area contributed by atoms with Crippen molar-refractivity contribution in [2.24, 2.45) is 35.5 Å². The maximum absolute atomic E-state index is 13.8. The second-order valence-electron chi connectivity index (χ2n) is 11.2. The number of hydrogen-bond donors (Lipinski definition) is 1. The normalized spacial score (nSPS) is 28.1. The molecule has 7 atom stereocenters. The summed E-state index contributed by atoms with van der Waals surface area (Å²) in [6.45, 7) is 0. The van der Waals surface area contributed by atoms with E-state index in [0.29, 0.717) is 29.0 Å². The Morgan fingerprint density at radius 3 is 1.95 bits per heavy atom. The van der Waals surface area contributed by atoms with Crippen molar-refractivity contribution >= 4 is 23.4 Å². The van der Waals surface area contributed by atoms with Gasteiger partial charge in [0.2, 0.25) is 17.7 Å². The molecule has 2 saturated carbocycles. The summed E-state index contributed by atoms with van der Waals surface area (Å²) in [5, 5.41) is 2.95. The lowest BCUT2D eigenvalue weighted by Crippen LogP contribution is -2.49. The van der Waals surface area contributed by atoms with E-state index in [1.165, 1.54) is 4.90 Å². The van der Waals surface area contributed by atoms with Gasteiger partial charge in [0.25, 0.3) is 0 Å². The van der Waals surface area contributed by atoms with Gasteiger partial charge in [0.05, 0.1) is 18.9 Å². The zero-order valence-electron chi connectivity index (χ0n) is 22.1. The second kappa shape index (κ2) is 9.66. The van der Waals surface area contributed by atoms with Crippen LogP contribution in [0.15, 0.2) is 91.0 Å². The molecule has 7 heteroatoms. The quantitative estimate of drug-likeness (QED) is 0.322. The Hall–Kier alpha value is -4.39. The molecule has 2 bridgehead atoms. The summed E-state index contributed by atoms with van der Waals surface area (Å²) in [7, 11) is 1.61. The number of ether oxygens (including phenoxy) is 2. The zero-order chi connectivity index (χ0) is 27.4. The molecule has 7 nitrogen and oxygen atoms in total. The molecule has 40 heavy (non-hydrogen) atoms. The first kappa shape index (κ1) is 24.6.